The number of anilines is 1. The molecule has 6 heteroatoms. The smallest absolute Gasteiger partial charge is 0.319 e. The summed E-state index contributed by atoms with van der Waals surface area (Å²) < 4.78 is 27.2. The van der Waals surface area contributed by atoms with Crippen molar-refractivity contribution in [3.63, 3.8) is 0 Å². The van der Waals surface area contributed by atoms with Crippen molar-refractivity contribution < 1.29 is 13.6 Å². The van der Waals surface area contributed by atoms with Gasteiger partial charge in [0.2, 0.25) is 0 Å². The summed E-state index contributed by atoms with van der Waals surface area (Å²) in [6.45, 7) is 0. The van der Waals surface area contributed by atoms with Gasteiger partial charge in [-0.05, 0) is 78.3 Å². The molecule has 0 spiro atoms. The van der Waals surface area contributed by atoms with Crippen LogP contribution < -0.4 is 10.6 Å². The molecule has 1 aromatic rings. The lowest BCUT2D eigenvalue weighted by atomic mass is 9.53. The lowest BCUT2D eigenvalue weighted by Crippen LogP contribution is -2.60. The van der Waals surface area contributed by atoms with E-state index in [0.29, 0.717) is 0 Å². The first-order valence-corrected chi connectivity index (χ1v) is 8.95. The maximum atomic E-state index is 13.9. The van der Waals surface area contributed by atoms with Gasteiger partial charge in [0, 0.05) is 16.1 Å². The fraction of sp³-hybridized carbons (Fsp3) is 0.588. The first kappa shape index (κ1) is 15.4. The Morgan fingerprint density at radius 2 is 1.65 bits per heavy atom. The molecule has 0 unspecified atom stereocenters. The summed E-state index contributed by atoms with van der Waals surface area (Å²) in [5.74, 6) is 0.696. The third-order valence-electron chi connectivity index (χ3n) is 5.66. The maximum absolute atomic E-state index is 13.9. The Balaban J connectivity index is 1.49. The van der Waals surface area contributed by atoms with Gasteiger partial charge in [-0.15, -0.1) is 0 Å². The van der Waals surface area contributed by atoms with Crippen molar-refractivity contribution in [1.82, 2.24) is 5.32 Å². The molecule has 4 saturated carbocycles. The van der Waals surface area contributed by atoms with Gasteiger partial charge in [-0.2, -0.15) is 0 Å². The van der Waals surface area contributed by atoms with Gasteiger partial charge in [-0.25, -0.2) is 13.6 Å². The number of urea groups is 1. The molecule has 2 amide bonds. The number of benzene rings is 1. The standard InChI is InChI=1S/C17H19BrF2N2O/c18-13-4-12(19)5-14(20)15(13)21-16(23)22-17-6-9-1-10(7-17)3-11(2-9)8-17/h4-5,9-11H,1-3,6-8H2,(H2,21,22,23). The van der Waals surface area contributed by atoms with Gasteiger partial charge in [0.1, 0.15) is 5.82 Å². The van der Waals surface area contributed by atoms with Gasteiger partial charge in [-0.1, -0.05) is 0 Å². The molecular weight excluding hydrogens is 366 g/mol. The van der Waals surface area contributed by atoms with Crippen LogP contribution in [0.15, 0.2) is 16.6 Å². The average Bonchev–Trinajstić information content (AvgIpc) is 2.40. The van der Waals surface area contributed by atoms with Crippen LogP contribution in [0.25, 0.3) is 0 Å². The zero-order valence-corrected chi connectivity index (χ0v) is 14.3. The largest absolute Gasteiger partial charge is 0.332 e. The van der Waals surface area contributed by atoms with Crippen LogP contribution in [0.1, 0.15) is 38.5 Å². The second kappa shape index (κ2) is 5.43. The van der Waals surface area contributed by atoms with Crippen molar-refractivity contribution in [3.05, 3.63) is 28.2 Å². The second-order valence-electron chi connectivity index (χ2n) is 7.52. The highest BCUT2D eigenvalue weighted by atomic mass is 79.9. The van der Waals surface area contributed by atoms with E-state index >= 15 is 0 Å². The van der Waals surface area contributed by atoms with Crippen LogP contribution in [-0.4, -0.2) is 11.6 Å². The quantitative estimate of drug-likeness (QED) is 0.753. The molecule has 0 heterocycles. The minimum atomic E-state index is -0.780. The van der Waals surface area contributed by atoms with Crippen LogP contribution in [0.3, 0.4) is 0 Å². The summed E-state index contributed by atoms with van der Waals surface area (Å²) in [6, 6.07) is 1.51. The zero-order chi connectivity index (χ0) is 16.2. The van der Waals surface area contributed by atoms with E-state index in [-0.39, 0.29) is 15.7 Å². The number of rotatable bonds is 2. The molecule has 2 N–H and O–H groups in total. The normalized spacial score (nSPS) is 34.5. The predicted molar refractivity (Wildman–Crippen MR) is 87.1 cm³/mol. The molecule has 124 valence electrons. The number of carbonyl (C=O) groups is 1. The molecular formula is C17H19BrF2N2O. The number of hydrogen-bond donors (Lipinski definition) is 2. The van der Waals surface area contributed by atoms with E-state index in [4.69, 9.17) is 0 Å². The SMILES string of the molecule is O=C(Nc1c(F)cc(F)cc1Br)NC12CC3CC(CC(C3)C1)C2. The summed E-state index contributed by atoms with van der Waals surface area (Å²) >= 11 is 3.10. The van der Waals surface area contributed by atoms with Gasteiger partial charge in [0.05, 0.1) is 5.69 Å². The lowest BCUT2D eigenvalue weighted by Gasteiger charge is -2.56. The monoisotopic (exact) mass is 384 g/mol. The summed E-state index contributed by atoms with van der Waals surface area (Å²) in [7, 11) is 0. The predicted octanol–water partition coefficient (Wildman–Crippen LogP) is 4.82. The van der Waals surface area contributed by atoms with Gasteiger partial charge < -0.3 is 10.6 Å². The maximum Gasteiger partial charge on any atom is 0.319 e. The van der Waals surface area contributed by atoms with Crippen molar-refractivity contribution in [2.24, 2.45) is 17.8 Å². The molecule has 4 aliphatic carbocycles. The van der Waals surface area contributed by atoms with Crippen LogP contribution in [-0.2, 0) is 0 Å². The van der Waals surface area contributed by atoms with Crippen molar-refractivity contribution in [3.8, 4) is 0 Å². The van der Waals surface area contributed by atoms with Crippen LogP contribution in [0.4, 0.5) is 19.3 Å². The molecule has 4 bridgehead atoms. The number of nitrogens with one attached hydrogen (secondary N) is 2. The van der Waals surface area contributed by atoms with E-state index < -0.39 is 17.7 Å². The summed E-state index contributed by atoms with van der Waals surface area (Å²) in [6.07, 6.45) is 6.96. The first-order chi connectivity index (χ1) is 10.9. The van der Waals surface area contributed by atoms with Crippen molar-refractivity contribution in [2.45, 2.75) is 44.1 Å². The highest BCUT2D eigenvalue weighted by Gasteiger charge is 2.51. The van der Waals surface area contributed by atoms with E-state index in [1.807, 2.05) is 0 Å². The fourth-order valence-corrected chi connectivity index (χ4v) is 5.82. The Labute approximate surface area is 142 Å². The minimum Gasteiger partial charge on any atom is -0.332 e. The first-order valence-electron chi connectivity index (χ1n) is 8.16. The number of carbonyl (C=O) groups excluding carboxylic acids is 1. The van der Waals surface area contributed by atoms with Crippen LogP contribution >= 0.6 is 15.9 Å². The van der Waals surface area contributed by atoms with E-state index in [1.54, 1.807) is 0 Å². The average molecular weight is 385 g/mol. The number of hydrogen-bond acceptors (Lipinski definition) is 1. The highest BCUT2D eigenvalue weighted by molar-refractivity contribution is 9.10. The van der Waals surface area contributed by atoms with Gasteiger partial charge in [0.25, 0.3) is 0 Å². The molecule has 4 aliphatic rings. The Bertz CT molecular complexity index is 606. The molecule has 0 aromatic heterocycles. The fourth-order valence-electron chi connectivity index (χ4n) is 5.31. The molecule has 0 aliphatic heterocycles. The zero-order valence-electron chi connectivity index (χ0n) is 12.7. The van der Waals surface area contributed by atoms with Gasteiger partial charge >= 0.3 is 6.03 Å². The highest BCUT2D eigenvalue weighted by Crippen LogP contribution is 2.55. The number of amides is 2. The van der Waals surface area contributed by atoms with Crippen molar-refractivity contribution >= 4 is 27.6 Å². The molecule has 3 nitrogen and oxygen atoms in total. The third-order valence-corrected chi connectivity index (χ3v) is 6.29. The Kier molecular flexibility index (Phi) is 3.63. The van der Waals surface area contributed by atoms with Gasteiger partial charge in [0.15, 0.2) is 5.82 Å². The van der Waals surface area contributed by atoms with E-state index in [1.165, 1.54) is 19.3 Å². The number of halogens is 3. The summed E-state index contributed by atoms with van der Waals surface area (Å²) in [5.41, 5.74) is -0.157. The van der Waals surface area contributed by atoms with Gasteiger partial charge in [-0.3, -0.25) is 0 Å². The molecule has 0 radical (unpaired) electrons. The lowest BCUT2D eigenvalue weighted by molar-refractivity contribution is -0.0127. The molecule has 23 heavy (non-hydrogen) atoms. The molecule has 1 aromatic carbocycles. The summed E-state index contributed by atoms with van der Waals surface area (Å²) in [5, 5.41) is 5.65. The topological polar surface area (TPSA) is 41.1 Å². The molecule has 0 atom stereocenters. The van der Waals surface area contributed by atoms with Crippen LogP contribution in [0.2, 0.25) is 0 Å². The van der Waals surface area contributed by atoms with E-state index in [0.717, 1.165) is 49.1 Å². The Hall–Kier alpha value is -1.17. The molecule has 0 saturated heterocycles. The van der Waals surface area contributed by atoms with Crippen LogP contribution in [0, 0.1) is 29.4 Å². The van der Waals surface area contributed by atoms with Crippen molar-refractivity contribution in [2.75, 3.05) is 5.32 Å². The van der Waals surface area contributed by atoms with Crippen LogP contribution in [0.5, 0.6) is 0 Å². The minimum absolute atomic E-state index is 0.0198. The Morgan fingerprint density at radius 3 is 2.17 bits per heavy atom. The summed E-state index contributed by atoms with van der Waals surface area (Å²) in [4.78, 5) is 12.4. The Morgan fingerprint density at radius 1 is 1.09 bits per heavy atom. The van der Waals surface area contributed by atoms with Crippen molar-refractivity contribution in [1.29, 1.82) is 0 Å². The van der Waals surface area contributed by atoms with E-state index in [2.05, 4.69) is 26.6 Å². The molecule has 5 rings (SSSR count). The molecule has 4 fully saturated rings. The van der Waals surface area contributed by atoms with E-state index in [9.17, 15) is 13.6 Å². The third kappa shape index (κ3) is 2.86. The second-order valence-corrected chi connectivity index (χ2v) is 8.38.